The first-order chi connectivity index (χ1) is 8.08. The molecule has 1 aromatic carbocycles. The van der Waals surface area contributed by atoms with Gasteiger partial charge in [0.05, 0.1) is 24.7 Å². The van der Waals surface area contributed by atoms with Crippen LogP contribution in [0.1, 0.15) is 0 Å². The SMILES string of the molecule is COCCN(C)c1cc(OC)cc([N+](=O)[O-])c1. The van der Waals surface area contributed by atoms with E-state index < -0.39 is 4.92 Å². The van der Waals surface area contributed by atoms with Gasteiger partial charge in [0.1, 0.15) is 5.75 Å². The Morgan fingerprint density at radius 1 is 1.35 bits per heavy atom. The normalized spacial score (nSPS) is 10.1. The third kappa shape index (κ3) is 3.60. The van der Waals surface area contributed by atoms with Crippen LogP contribution < -0.4 is 9.64 Å². The van der Waals surface area contributed by atoms with Crippen LogP contribution in [0.2, 0.25) is 0 Å². The zero-order chi connectivity index (χ0) is 12.8. The summed E-state index contributed by atoms with van der Waals surface area (Å²) < 4.78 is 10.00. The number of benzene rings is 1. The monoisotopic (exact) mass is 240 g/mol. The Hall–Kier alpha value is -1.82. The standard InChI is InChI=1S/C11H16N2O4/c1-12(4-5-16-2)9-6-10(13(14)15)8-11(7-9)17-3/h6-8H,4-5H2,1-3H3. The van der Waals surface area contributed by atoms with Crippen molar-refractivity contribution < 1.29 is 14.4 Å². The number of anilines is 1. The second-order valence-corrected chi connectivity index (χ2v) is 3.56. The fourth-order valence-electron chi connectivity index (χ4n) is 1.37. The molecule has 0 spiro atoms. The van der Waals surface area contributed by atoms with Crippen molar-refractivity contribution in [2.24, 2.45) is 0 Å². The van der Waals surface area contributed by atoms with Crippen molar-refractivity contribution in [3.05, 3.63) is 28.3 Å². The zero-order valence-corrected chi connectivity index (χ0v) is 10.2. The molecule has 0 saturated heterocycles. The van der Waals surface area contributed by atoms with Crippen LogP contribution >= 0.6 is 0 Å². The molecule has 17 heavy (non-hydrogen) atoms. The first kappa shape index (κ1) is 13.2. The van der Waals surface area contributed by atoms with Crippen LogP contribution in [0, 0.1) is 10.1 Å². The molecule has 0 radical (unpaired) electrons. The van der Waals surface area contributed by atoms with Crippen molar-refractivity contribution in [2.45, 2.75) is 0 Å². The summed E-state index contributed by atoms with van der Waals surface area (Å²) in [4.78, 5) is 12.2. The Morgan fingerprint density at radius 3 is 2.59 bits per heavy atom. The van der Waals surface area contributed by atoms with Gasteiger partial charge in [0.15, 0.2) is 0 Å². The van der Waals surface area contributed by atoms with E-state index in [1.165, 1.54) is 19.2 Å². The van der Waals surface area contributed by atoms with E-state index in [1.807, 2.05) is 11.9 Å². The summed E-state index contributed by atoms with van der Waals surface area (Å²) in [6.07, 6.45) is 0. The highest BCUT2D eigenvalue weighted by atomic mass is 16.6. The first-order valence-corrected chi connectivity index (χ1v) is 5.12. The average Bonchev–Trinajstić information content (AvgIpc) is 2.35. The molecule has 0 amide bonds. The maximum Gasteiger partial charge on any atom is 0.275 e. The summed E-state index contributed by atoms with van der Waals surface area (Å²) in [7, 11) is 4.94. The molecule has 0 heterocycles. The van der Waals surface area contributed by atoms with Crippen molar-refractivity contribution >= 4 is 11.4 Å². The molecule has 6 nitrogen and oxygen atoms in total. The maximum atomic E-state index is 10.8. The van der Waals surface area contributed by atoms with E-state index >= 15 is 0 Å². The maximum absolute atomic E-state index is 10.8. The lowest BCUT2D eigenvalue weighted by Gasteiger charge is -2.19. The highest BCUT2D eigenvalue weighted by molar-refractivity contribution is 5.57. The summed E-state index contributed by atoms with van der Waals surface area (Å²) >= 11 is 0. The molecule has 0 aromatic heterocycles. The smallest absolute Gasteiger partial charge is 0.275 e. The molecule has 1 rings (SSSR count). The molecule has 0 aliphatic heterocycles. The second kappa shape index (κ2) is 6.05. The molecule has 0 bridgehead atoms. The van der Waals surface area contributed by atoms with Crippen molar-refractivity contribution in [2.75, 3.05) is 39.3 Å². The largest absolute Gasteiger partial charge is 0.496 e. The molecule has 1 aromatic rings. The minimum atomic E-state index is -0.434. The number of likely N-dealkylation sites (N-methyl/N-ethyl adjacent to an activating group) is 1. The average molecular weight is 240 g/mol. The summed E-state index contributed by atoms with van der Waals surface area (Å²) in [6.45, 7) is 1.21. The Kier molecular flexibility index (Phi) is 4.71. The van der Waals surface area contributed by atoms with Crippen LogP contribution in [0.25, 0.3) is 0 Å². The molecule has 0 atom stereocenters. The Balaban J connectivity index is 2.97. The first-order valence-electron chi connectivity index (χ1n) is 5.12. The van der Waals surface area contributed by atoms with E-state index in [1.54, 1.807) is 13.2 Å². The highest BCUT2D eigenvalue weighted by Gasteiger charge is 2.12. The predicted molar refractivity (Wildman–Crippen MR) is 64.8 cm³/mol. The van der Waals surface area contributed by atoms with Crippen molar-refractivity contribution in [1.82, 2.24) is 0 Å². The molecule has 0 unspecified atom stereocenters. The van der Waals surface area contributed by atoms with E-state index in [-0.39, 0.29) is 5.69 Å². The fourth-order valence-corrected chi connectivity index (χ4v) is 1.37. The van der Waals surface area contributed by atoms with Gasteiger partial charge in [0.2, 0.25) is 0 Å². The van der Waals surface area contributed by atoms with Gasteiger partial charge in [0, 0.05) is 38.5 Å². The van der Waals surface area contributed by atoms with Gasteiger partial charge in [-0.1, -0.05) is 0 Å². The van der Waals surface area contributed by atoms with E-state index in [9.17, 15) is 10.1 Å². The van der Waals surface area contributed by atoms with Gasteiger partial charge in [-0.25, -0.2) is 0 Å². The summed E-state index contributed by atoms with van der Waals surface area (Å²) in [5.74, 6) is 0.471. The number of ether oxygens (including phenoxy) is 2. The van der Waals surface area contributed by atoms with Crippen molar-refractivity contribution in [3.63, 3.8) is 0 Å². The number of rotatable bonds is 6. The molecule has 0 saturated carbocycles. The van der Waals surface area contributed by atoms with E-state index in [0.29, 0.717) is 18.9 Å². The fraction of sp³-hybridized carbons (Fsp3) is 0.455. The van der Waals surface area contributed by atoms with E-state index in [4.69, 9.17) is 9.47 Å². The van der Waals surface area contributed by atoms with Gasteiger partial charge >= 0.3 is 0 Å². The number of hydrogen-bond acceptors (Lipinski definition) is 5. The lowest BCUT2D eigenvalue weighted by atomic mass is 10.2. The summed E-state index contributed by atoms with van der Waals surface area (Å²) in [6, 6.07) is 4.66. The second-order valence-electron chi connectivity index (χ2n) is 3.56. The van der Waals surface area contributed by atoms with Gasteiger partial charge < -0.3 is 14.4 Å². The molecule has 0 aliphatic carbocycles. The summed E-state index contributed by atoms with van der Waals surface area (Å²) in [5.41, 5.74) is 0.747. The van der Waals surface area contributed by atoms with Gasteiger partial charge in [-0.2, -0.15) is 0 Å². The number of methoxy groups -OCH3 is 2. The molecule has 94 valence electrons. The Morgan fingerprint density at radius 2 is 2.06 bits per heavy atom. The van der Waals surface area contributed by atoms with E-state index in [0.717, 1.165) is 5.69 Å². The number of nitrogens with zero attached hydrogens (tertiary/aromatic N) is 2. The molecular formula is C11H16N2O4. The van der Waals surface area contributed by atoms with Gasteiger partial charge in [-0.15, -0.1) is 0 Å². The minimum absolute atomic E-state index is 0.0172. The van der Waals surface area contributed by atoms with Crippen LogP contribution in [0.5, 0.6) is 5.75 Å². The van der Waals surface area contributed by atoms with Crippen molar-refractivity contribution in [1.29, 1.82) is 0 Å². The van der Waals surface area contributed by atoms with Crippen LogP contribution in [0.4, 0.5) is 11.4 Å². The van der Waals surface area contributed by atoms with Crippen LogP contribution in [0.15, 0.2) is 18.2 Å². The number of hydrogen-bond donors (Lipinski definition) is 0. The molecule has 0 N–H and O–H groups in total. The van der Waals surface area contributed by atoms with Crippen molar-refractivity contribution in [3.8, 4) is 5.75 Å². The van der Waals surface area contributed by atoms with Gasteiger partial charge in [-0.3, -0.25) is 10.1 Å². The Bertz CT molecular complexity index is 395. The molecular weight excluding hydrogens is 224 g/mol. The van der Waals surface area contributed by atoms with Gasteiger partial charge in [0.25, 0.3) is 5.69 Å². The zero-order valence-electron chi connectivity index (χ0n) is 10.2. The number of non-ortho nitro benzene ring substituents is 1. The van der Waals surface area contributed by atoms with Crippen LogP contribution in [-0.2, 0) is 4.74 Å². The lowest BCUT2D eigenvalue weighted by Crippen LogP contribution is -2.22. The molecule has 0 aliphatic rings. The summed E-state index contributed by atoms with van der Waals surface area (Å²) in [5, 5.41) is 10.8. The van der Waals surface area contributed by atoms with Crippen LogP contribution in [0.3, 0.4) is 0 Å². The Labute approximate surface area is 99.9 Å². The lowest BCUT2D eigenvalue weighted by molar-refractivity contribution is -0.384. The predicted octanol–water partition coefficient (Wildman–Crippen LogP) is 1.69. The quantitative estimate of drug-likeness (QED) is 0.559. The third-order valence-electron chi connectivity index (χ3n) is 2.39. The minimum Gasteiger partial charge on any atom is -0.496 e. The third-order valence-corrected chi connectivity index (χ3v) is 2.39. The van der Waals surface area contributed by atoms with Crippen LogP contribution in [-0.4, -0.2) is 39.3 Å². The highest BCUT2D eigenvalue weighted by Crippen LogP contribution is 2.27. The number of nitro groups is 1. The van der Waals surface area contributed by atoms with Gasteiger partial charge in [-0.05, 0) is 0 Å². The topological polar surface area (TPSA) is 64.8 Å². The number of nitro benzene ring substituents is 1. The van der Waals surface area contributed by atoms with E-state index in [2.05, 4.69) is 0 Å². The molecule has 6 heteroatoms. The molecule has 0 fully saturated rings.